The first-order chi connectivity index (χ1) is 11.4. The van der Waals surface area contributed by atoms with Crippen molar-refractivity contribution in [3.63, 3.8) is 0 Å². The molecule has 0 spiro atoms. The lowest BCUT2D eigenvalue weighted by molar-refractivity contribution is -0.146. The summed E-state index contributed by atoms with van der Waals surface area (Å²) < 4.78 is 4.61. The predicted octanol–water partition coefficient (Wildman–Crippen LogP) is 0.950. The number of methoxy groups -OCH3 is 1. The van der Waals surface area contributed by atoms with Crippen molar-refractivity contribution in [3.05, 3.63) is 28.8 Å². The summed E-state index contributed by atoms with van der Waals surface area (Å²) >= 11 is 6.04. The first-order valence-electron chi connectivity index (χ1n) is 7.55. The standard InChI is InChI=1S/C16H20ClN3O4/c1-10-3-4-11(7-12(10)17)19-14(21)9-20-6-5-18-16(23)13(20)8-15(22)24-2/h3-4,7,13H,5-6,8-9H2,1-2H3,(H,18,23)(H,19,21)/t13-/m0/s1. The summed E-state index contributed by atoms with van der Waals surface area (Å²) in [5, 5.41) is 6.00. The molecule has 2 amide bonds. The van der Waals surface area contributed by atoms with E-state index < -0.39 is 12.0 Å². The predicted molar refractivity (Wildman–Crippen MR) is 89.8 cm³/mol. The number of hydrogen-bond donors (Lipinski definition) is 2. The van der Waals surface area contributed by atoms with Crippen molar-refractivity contribution in [1.82, 2.24) is 10.2 Å². The van der Waals surface area contributed by atoms with Gasteiger partial charge in [0.1, 0.15) is 6.04 Å². The van der Waals surface area contributed by atoms with Gasteiger partial charge in [-0.05, 0) is 24.6 Å². The minimum atomic E-state index is -0.710. The Morgan fingerprint density at radius 2 is 2.21 bits per heavy atom. The number of rotatable bonds is 5. The Balaban J connectivity index is 2.00. The molecule has 130 valence electrons. The van der Waals surface area contributed by atoms with Crippen LogP contribution in [0.3, 0.4) is 0 Å². The number of aryl methyl sites for hydroxylation is 1. The Morgan fingerprint density at radius 1 is 1.46 bits per heavy atom. The molecule has 0 aromatic heterocycles. The molecule has 8 heteroatoms. The van der Waals surface area contributed by atoms with Crippen LogP contribution in [0.15, 0.2) is 18.2 Å². The highest BCUT2D eigenvalue weighted by atomic mass is 35.5. The van der Waals surface area contributed by atoms with E-state index in [1.807, 2.05) is 13.0 Å². The van der Waals surface area contributed by atoms with Gasteiger partial charge in [-0.3, -0.25) is 19.3 Å². The van der Waals surface area contributed by atoms with E-state index in [1.165, 1.54) is 7.11 Å². The summed E-state index contributed by atoms with van der Waals surface area (Å²) in [7, 11) is 1.27. The number of benzene rings is 1. The van der Waals surface area contributed by atoms with Crippen LogP contribution in [0.4, 0.5) is 5.69 Å². The molecule has 2 rings (SSSR count). The smallest absolute Gasteiger partial charge is 0.307 e. The largest absolute Gasteiger partial charge is 0.469 e. The lowest BCUT2D eigenvalue weighted by atomic mass is 10.1. The molecule has 0 saturated carbocycles. The zero-order valence-electron chi connectivity index (χ0n) is 13.6. The van der Waals surface area contributed by atoms with E-state index in [0.717, 1.165) is 5.56 Å². The third kappa shape index (κ3) is 4.69. The van der Waals surface area contributed by atoms with Crippen LogP contribution < -0.4 is 10.6 Å². The van der Waals surface area contributed by atoms with Crippen molar-refractivity contribution in [2.75, 3.05) is 32.1 Å². The minimum Gasteiger partial charge on any atom is -0.469 e. The maximum Gasteiger partial charge on any atom is 0.307 e. The van der Waals surface area contributed by atoms with E-state index in [4.69, 9.17) is 11.6 Å². The number of halogens is 1. The van der Waals surface area contributed by atoms with Gasteiger partial charge in [-0.1, -0.05) is 17.7 Å². The number of nitrogens with one attached hydrogen (secondary N) is 2. The van der Waals surface area contributed by atoms with Crippen LogP contribution in [0.25, 0.3) is 0 Å². The zero-order valence-corrected chi connectivity index (χ0v) is 14.4. The van der Waals surface area contributed by atoms with E-state index in [9.17, 15) is 14.4 Å². The molecule has 7 nitrogen and oxygen atoms in total. The first-order valence-corrected chi connectivity index (χ1v) is 7.93. The van der Waals surface area contributed by atoms with Crippen LogP contribution in [0.5, 0.6) is 0 Å². The lowest BCUT2D eigenvalue weighted by Crippen LogP contribution is -2.57. The Morgan fingerprint density at radius 3 is 2.88 bits per heavy atom. The van der Waals surface area contributed by atoms with Crippen LogP contribution in [0.2, 0.25) is 5.02 Å². The molecule has 1 aliphatic heterocycles. The summed E-state index contributed by atoms with van der Waals surface area (Å²) in [4.78, 5) is 37.3. The molecule has 1 aromatic carbocycles. The molecule has 1 aromatic rings. The number of anilines is 1. The van der Waals surface area contributed by atoms with Crippen molar-refractivity contribution in [2.45, 2.75) is 19.4 Å². The number of carbonyl (C=O) groups excluding carboxylic acids is 3. The third-order valence-corrected chi connectivity index (χ3v) is 4.24. The zero-order chi connectivity index (χ0) is 17.7. The normalized spacial score (nSPS) is 18.0. The molecule has 0 aliphatic carbocycles. The molecule has 1 saturated heterocycles. The van der Waals surface area contributed by atoms with Crippen molar-refractivity contribution in [1.29, 1.82) is 0 Å². The van der Waals surface area contributed by atoms with Crippen LogP contribution >= 0.6 is 11.6 Å². The average Bonchev–Trinajstić information content (AvgIpc) is 2.54. The van der Waals surface area contributed by atoms with Crippen LogP contribution in [-0.2, 0) is 19.1 Å². The number of ether oxygens (including phenoxy) is 1. The molecule has 1 fully saturated rings. The van der Waals surface area contributed by atoms with Crippen molar-refractivity contribution in [3.8, 4) is 0 Å². The number of hydrogen-bond acceptors (Lipinski definition) is 5. The molecule has 1 heterocycles. The second kappa shape index (κ2) is 8.12. The maximum absolute atomic E-state index is 12.2. The number of nitrogens with zero attached hydrogens (tertiary/aromatic N) is 1. The highest BCUT2D eigenvalue weighted by molar-refractivity contribution is 6.31. The molecule has 0 radical (unpaired) electrons. The molecular formula is C16H20ClN3O4. The Labute approximate surface area is 145 Å². The summed E-state index contributed by atoms with van der Waals surface area (Å²) in [5.41, 5.74) is 1.50. The van der Waals surface area contributed by atoms with Crippen molar-refractivity contribution >= 4 is 35.1 Å². The first kappa shape index (κ1) is 18.2. The molecule has 0 bridgehead atoms. The fourth-order valence-corrected chi connectivity index (χ4v) is 2.65. The van der Waals surface area contributed by atoms with Crippen molar-refractivity contribution < 1.29 is 19.1 Å². The molecular weight excluding hydrogens is 334 g/mol. The second-order valence-corrected chi connectivity index (χ2v) is 5.98. The third-order valence-electron chi connectivity index (χ3n) is 3.83. The van der Waals surface area contributed by atoms with Gasteiger partial charge in [0.05, 0.1) is 20.1 Å². The summed E-state index contributed by atoms with van der Waals surface area (Å²) in [5.74, 6) is -1.05. The Bertz CT molecular complexity index is 650. The van der Waals surface area contributed by atoms with Gasteiger partial charge >= 0.3 is 5.97 Å². The van der Waals surface area contributed by atoms with Gasteiger partial charge in [0.15, 0.2) is 0 Å². The van der Waals surface area contributed by atoms with Gasteiger partial charge in [-0.2, -0.15) is 0 Å². The summed E-state index contributed by atoms with van der Waals surface area (Å²) in [6, 6.07) is 4.53. The monoisotopic (exact) mass is 353 g/mol. The van der Waals surface area contributed by atoms with E-state index in [-0.39, 0.29) is 24.8 Å². The minimum absolute atomic E-state index is 0.000572. The SMILES string of the molecule is COC(=O)C[C@H]1C(=O)NCCN1CC(=O)Nc1ccc(C)c(Cl)c1. The number of piperazine rings is 1. The lowest BCUT2D eigenvalue weighted by Gasteiger charge is -2.33. The van der Waals surface area contributed by atoms with E-state index in [0.29, 0.717) is 23.8 Å². The van der Waals surface area contributed by atoms with Gasteiger partial charge in [0, 0.05) is 23.8 Å². The van der Waals surface area contributed by atoms with Crippen molar-refractivity contribution in [2.24, 2.45) is 0 Å². The Hall–Kier alpha value is -2.12. The van der Waals surface area contributed by atoms with Crippen LogP contribution in [-0.4, -0.2) is 55.5 Å². The fourth-order valence-electron chi connectivity index (χ4n) is 2.47. The fraction of sp³-hybridized carbons (Fsp3) is 0.438. The van der Waals surface area contributed by atoms with Crippen LogP contribution in [0, 0.1) is 6.92 Å². The molecule has 1 aliphatic rings. The topological polar surface area (TPSA) is 87.7 Å². The van der Waals surface area contributed by atoms with Gasteiger partial charge in [0.2, 0.25) is 11.8 Å². The number of amides is 2. The maximum atomic E-state index is 12.2. The van der Waals surface area contributed by atoms with Gasteiger partial charge in [-0.15, -0.1) is 0 Å². The van der Waals surface area contributed by atoms with Gasteiger partial charge in [0.25, 0.3) is 0 Å². The highest BCUT2D eigenvalue weighted by Gasteiger charge is 2.33. The molecule has 24 heavy (non-hydrogen) atoms. The summed E-state index contributed by atoms with van der Waals surface area (Å²) in [6.07, 6.45) is -0.0913. The molecule has 2 N–H and O–H groups in total. The molecule has 0 unspecified atom stereocenters. The Kier molecular flexibility index (Phi) is 6.16. The van der Waals surface area contributed by atoms with Gasteiger partial charge in [-0.25, -0.2) is 0 Å². The number of carbonyl (C=O) groups is 3. The average molecular weight is 354 g/mol. The van der Waals surface area contributed by atoms with E-state index in [1.54, 1.807) is 17.0 Å². The quantitative estimate of drug-likeness (QED) is 0.769. The summed E-state index contributed by atoms with van der Waals surface area (Å²) in [6.45, 7) is 2.79. The second-order valence-electron chi connectivity index (χ2n) is 5.57. The van der Waals surface area contributed by atoms with Gasteiger partial charge < -0.3 is 15.4 Å². The van der Waals surface area contributed by atoms with E-state index in [2.05, 4.69) is 15.4 Å². The van der Waals surface area contributed by atoms with Crippen LogP contribution in [0.1, 0.15) is 12.0 Å². The highest BCUT2D eigenvalue weighted by Crippen LogP contribution is 2.20. The molecule has 1 atom stereocenters. The number of esters is 1. The van der Waals surface area contributed by atoms with E-state index >= 15 is 0 Å².